The molecule has 0 aromatic heterocycles. The molecule has 1 N–H and O–H groups in total. The van der Waals surface area contributed by atoms with Crippen LogP contribution in [0.5, 0.6) is 0 Å². The predicted molar refractivity (Wildman–Crippen MR) is 61.8 cm³/mol. The molecule has 2 rings (SSSR count). The maximum atomic E-state index is 12.3. The lowest BCUT2D eigenvalue weighted by Gasteiger charge is -2.30. The van der Waals surface area contributed by atoms with Crippen molar-refractivity contribution in [2.45, 2.75) is 30.6 Å². The van der Waals surface area contributed by atoms with E-state index in [1.165, 1.54) is 4.31 Å². The van der Waals surface area contributed by atoms with Gasteiger partial charge in [0.25, 0.3) is 0 Å². The van der Waals surface area contributed by atoms with E-state index in [-0.39, 0.29) is 11.3 Å². The van der Waals surface area contributed by atoms with Crippen molar-refractivity contribution in [2.75, 3.05) is 33.4 Å². The summed E-state index contributed by atoms with van der Waals surface area (Å²) in [6.45, 7) is 2.83. The molecule has 2 saturated heterocycles. The number of hydrogen-bond donors (Lipinski definition) is 1. The first kappa shape index (κ1) is 12.3. The number of piperidine rings is 1. The largest absolute Gasteiger partial charge is 0.380 e. The van der Waals surface area contributed by atoms with Crippen LogP contribution in [0.4, 0.5) is 0 Å². The Bertz CT molecular complexity index is 319. The van der Waals surface area contributed by atoms with Crippen molar-refractivity contribution in [1.82, 2.24) is 9.62 Å². The Morgan fingerprint density at radius 3 is 2.50 bits per heavy atom. The maximum absolute atomic E-state index is 12.3. The third kappa shape index (κ3) is 2.40. The summed E-state index contributed by atoms with van der Waals surface area (Å²) in [6.07, 6.45) is 2.27. The Kier molecular flexibility index (Phi) is 3.84. The maximum Gasteiger partial charge on any atom is 0.217 e. The molecule has 1 unspecified atom stereocenters. The molecule has 0 spiro atoms. The number of hydrogen-bond acceptors (Lipinski definition) is 4. The summed E-state index contributed by atoms with van der Waals surface area (Å²) in [4.78, 5) is 0. The van der Waals surface area contributed by atoms with Crippen LogP contribution in [0.1, 0.15) is 19.3 Å². The fourth-order valence-electron chi connectivity index (χ4n) is 2.35. The molecule has 2 aliphatic rings. The summed E-state index contributed by atoms with van der Waals surface area (Å²) < 4.78 is 31.4. The number of nitrogens with zero attached hydrogens (tertiary/aromatic N) is 1. The van der Waals surface area contributed by atoms with Gasteiger partial charge in [0.1, 0.15) is 0 Å². The fraction of sp³-hybridized carbons (Fsp3) is 1.00. The van der Waals surface area contributed by atoms with Crippen molar-refractivity contribution in [2.24, 2.45) is 0 Å². The summed E-state index contributed by atoms with van der Waals surface area (Å²) in [6, 6.07) is 0.0416. The zero-order valence-corrected chi connectivity index (χ0v) is 10.5. The van der Waals surface area contributed by atoms with E-state index >= 15 is 0 Å². The van der Waals surface area contributed by atoms with Gasteiger partial charge in [-0.05, 0) is 32.4 Å². The normalized spacial score (nSPS) is 28.8. The van der Waals surface area contributed by atoms with Crippen LogP contribution in [-0.2, 0) is 14.8 Å². The molecular formula is C10H20N2O3S. The smallest absolute Gasteiger partial charge is 0.217 e. The van der Waals surface area contributed by atoms with Gasteiger partial charge < -0.3 is 10.1 Å². The summed E-state index contributed by atoms with van der Waals surface area (Å²) >= 11 is 0. The van der Waals surface area contributed by atoms with Crippen LogP contribution < -0.4 is 5.32 Å². The van der Waals surface area contributed by atoms with Crippen molar-refractivity contribution in [1.29, 1.82) is 0 Å². The molecule has 0 aliphatic carbocycles. The summed E-state index contributed by atoms with van der Waals surface area (Å²) in [5, 5.41) is 2.98. The summed E-state index contributed by atoms with van der Waals surface area (Å²) in [5.74, 6) is 0. The highest BCUT2D eigenvalue weighted by Crippen LogP contribution is 2.21. The van der Waals surface area contributed by atoms with Gasteiger partial charge in [-0.25, -0.2) is 8.42 Å². The van der Waals surface area contributed by atoms with E-state index in [0.29, 0.717) is 13.2 Å². The number of nitrogens with one attached hydrogen (secondary N) is 1. The highest BCUT2D eigenvalue weighted by Gasteiger charge is 2.35. The van der Waals surface area contributed by atoms with E-state index in [2.05, 4.69) is 5.32 Å². The number of likely N-dealkylation sites (N-methyl/N-ethyl adjacent to an activating group) is 1. The van der Waals surface area contributed by atoms with E-state index in [9.17, 15) is 8.42 Å². The molecule has 6 heteroatoms. The van der Waals surface area contributed by atoms with Crippen LogP contribution in [-0.4, -0.2) is 57.4 Å². The average Bonchev–Trinajstić information content (AvgIpc) is 2.82. The van der Waals surface area contributed by atoms with Crippen molar-refractivity contribution in [3.63, 3.8) is 0 Å². The van der Waals surface area contributed by atoms with Crippen molar-refractivity contribution < 1.29 is 13.2 Å². The lowest BCUT2D eigenvalue weighted by Crippen LogP contribution is -2.46. The van der Waals surface area contributed by atoms with Crippen LogP contribution in [0.2, 0.25) is 0 Å². The molecule has 5 nitrogen and oxygen atoms in total. The topological polar surface area (TPSA) is 58.6 Å². The molecule has 0 saturated carbocycles. The highest BCUT2D eigenvalue weighted by molar-refractivity contribution is 7.89. The van der Waals surface area contributed by atoms with E-state index in [1.54, 1.807) is 7.05 Å². The van der Waals surface area contributed by atoms with Crippen LogP contribution in [0.25, 0.3) is 0 Å². The number of rotatable bonds is 3. The van der Waals surface area contributed by atoms with E-state index < -0.39 is 10.0 Å². The second-order valence-corrected chi connectivity index (χ2v) is 6.80. The van der Waals surface area contributed by atoms with Gasteiger partial charge in [-0.3, -0.25) is 0 Å². The molecule has 0 bridgehead atoms. The minimum atomic E-state index is -3.13. The monoisotopic (exact) mass is 248 g/mol. The first-order valence-corrected chi connectivity index (χ1v) is 7.38. The first-order chi connectivity index (χ1) is 7.62. The summed E-state index contributed by atoms with van der Waals surface area (Å²) in [7, 11) is -1.44. The Labute approximate surface area is 97.2 Å². The number of sulfonamides is 1. The van der Waals surface area contributed by atoms with Crippen LogP contribution in [0.3, 0.4) is 0 Å². The standard InChI is InChI=1S/C10H20N2O3S/c1-12(9-4-7-15-8-9)16(13,14)10-2-5-11-6-3-10/h9-11H,2-8H2,1H3. The Hall–Kier alpha value is -0.170. The zero-order valence-electron chi connectivity index (χ0n) is 9.68. The van der Waals surface area contributed by atoms with Crippen molar-refractivity contribution >= 4 is 10.0 Å². The molecule has 94 valence electrons. The second-order valence-electron chi connectivity index (χ2n) is 4.53. The van der Waals surface area contributed by atoms with Gasteiger partial charge in [0.15, 0.2) is 0 Å². The molecule has 1 atom stereocenters. The van der Waals surface area contributed by atoms with Gasteiger partial charge in [-0.1, -0.05) is 0 Å². The highest BCUT2D eigenvalue weighted by atomic mass is 32.2. The van der Waals surface area contributed by atoms with Gasteiger partial charge in [-0.2, -0.15) is 4.31 Å². The molecule has 0 aromatic carbocycles. The summed E-state index contributed by atoms with van der Waals surface area (Å²) in [5.41, 5.74) is 0. The van der Waals surface area contributed by atoms with Gasteiger partial charge in [-0.15, -0.1) is 0 Å². The molecule has 2 heterocycles. The third-order valence-electron chi connectivity index (χ3n) is 3.53. The first-order valence-electron chi connectivity index (χ1n) is 5.87. The molecular weight excluding hydrogens is 228 g/mol. The number of ether oxygens (including phenoxy) is 1. The van der Waals surface area contributed by atoms with E-state index in [0.717, 1.165) is 32.4 Å². The van der Waals surface area contributed by atoms with Gasteiger partial charge in [0, 0.05) is 13.7 Å². The quantitative estimate of drug-likeness (QED) is 0.751. The molecule has 0 radical (unpaired) electrons. The Morgan fingerprint density at radius 1 is 1.25 bits per heavy atom. The molecule has 0 amide bonds. The lowest BCUT2D eigenvalue weighted by atomic mass is 10.2. The minimum absolute atomic E-state index is 0.0416. The van der Waals surface area contributed by atoms with Gasteiger partial charge in [0.05, 0.1) is 17.9 Å². The van der Waals surface area contributed by atoms with E-state index in [1.807, 2.05) is 0 Å². The van der Waals surface area contributed by atoms with Crippen LogP contribution in [0.15, 0.2) is 0 Å². The van der Waals surface area contributed by atoms with Crippen LogP contribution >= 0.6 is 0 Å². The van der Waals surface area contributed by atoms with E-state index in [4.69, 9.17) is 4.74 Å². The fourth-order valence-corrected chi connectivity index (χ4v) is 4.23. The minimum Gasteiger partial charge on any atom is -0.380 e. The zero-order chi connectivity index (χ0) is 11.6. The van der Waals surface area contributed by atoms with Crippen molar-refractivity contribution in [3.8, 4) is 0 Å². The van der Waals surface area contributed by atoms with Crippen molar-refractivity contribution in [3.05, 3.63) is 0 Å². The van der Waals surface area contributed by atoms with Gasteiger partial charge in [0.2, 0.25) is 10.0 Å². The molecule has 2 fully saturated rings. The average molecular weight is 248 g/mol. The lowest BCUT2D eigenvalue weighted by molar-refractivity contribution is 0.180. The second kappa shape index (κ2) is 5.00. The Morgan fingerprint density at radius 2 is 1.94 bits per heavy atom. The molecule has 0 aromatic rings. The predicted octanol–water partition coefficient (Wildman–Crippen LogP) is -0.211. The third-order valence-corrected chi connectivity index (χ3v) is 5.94. The van der Waals surface area contributed by atoms with Gasteiger partial charge >= 0.3 is 0 Å². The Balaban J connectivity index is 2.04. The molecule has 2 aliphatic heterocycles. The SMILES string of the molecule is CN(C1CCOC1)S(=O)(=O)C1CCNCC1. The molecule has 16 heavy (non-hydrogen) atoms. The van der Waals surface area contributed by atoms with Crippen LogP contribution in [0, 0.1) is 0 Å².